The number of fused-ring (bicyclic) bond motifs is 3. The second kappa shape index (κ2) is 25.0. The SMILES string of the molecule is C=CCO[C@@]12Oc3ccc(OC(=O)NCCCCCCCCCCCC)cc3[C@H]3[C@H](CCCCO)[C@@H](CCCCO)C=C(C(=NOC(C)(C)C)C[C@@H]1N(C)S(=O)(=O)c1cccc4cccnc14)[C@H]32. The summed E-state index contributed by atoms with van der Waals surface area (Å²) in [5.41, 5.74) is 1.92. The zero-order valence-electron chi connectivity index (χ0n) is 41.3. The van der Waals surface area contributed by atoms with Crippen LogP contribution in [0.2, 0.25) is 0 Å². The highest BCUT2D eigenvalue weighted by molar-refractivity contribution is 7.89. The number of amides is 1. The van der Waals surface area contributed by atoms with E-state index in [1.165, 1.54) is 49.3 Å². The first-order valence-electron chi connectivity index (χ1n) is 25.3. The summed E-state index contributed by atoms with van der Waals surface area (Å²) >= 11 is 0. The van der Waals surface area contributed by atoms with E-state index in [4.69, 9.17) is 24.2 Å². The number of benzene rings is 2. The number of para-hydroxylation sites is 1. The minimum atomic E-state index is -4.29. The van der Waals surface area contributed by atoms with E-state index in [-0.39, 0.29) is 48.9 Å². The van der Waals surface area contributed by atoms with Crippen molar-refractivity contribution in [3.8, 4) is 11.5 Å². The molecule has 3 N–H and O–H groups in total. The summed E-state index contributed by atoms with van der Waals surface area (Å²) < 4.78 is 52.0. The Hall–Kier alpha value is -4.34. The largest absolute Gasteiger partial charge is 0.460 e. The number of oxime groups is 1. The number of allylic oxidation sites excluding steroid dienone is 1. The molecule has 3 aliphatic rings. The van der Waals surface area contributed by atoms with Gasteiger partial charge in [0, 0.05) is 56.3 Å². The zero-order chi connectivity index (χ0) is 48.7. The van der Waals surface area contributed by atoms with Crippen molar-refractivity contribution in [2.24, 2.45) is 22.9 Å². The van der Waals surface area contributed by atoms with Gasteiger partial charge in [-0.2, -0.15) is 4.31 Å². The molecule has 13 nitrogen and oxygen atoms in total. The second-order valence-electron chi connectivity index (χ2n) is 19.8. The Bertz CT molecular complexity index is 2290. The van der Waals surface area contributed by atoms with Crippen molar-refractivity contribution in [2.45, 2.75) is 165 Å². The fourth-order valence-corrected chi connectivity index (χ4v) is 12.0. The zero-order valence-corrected chi connectivity index (χ0v) is 42.1. The van der Waals surface area contributed by atoms with Crippen LogP contribution in [0.3, 0.4) is 0 Å². The standard InChI is InChI=1S/C54H78N4O9S/c1-7-9-10-11-12-13-14-15-16-19-31-56-52(61)65-41-29-30-46-44(37-41)49-42(27-18-21-34-60)40(24-17-20-33-59)36-43-45(57-67-53(3,4)5)38-48(54(66-46,50(43)49)64-35-8-2)58(6)68(62,63)47-28-22-25-39-26-23-32-55-51(39)47/h8,22-23,25-26,28-30,32,36-37,40,42,48-50,59-60H,2,7,9-21,24,27,31,33-35,38H2,1,3-6H3,(H,56,61)/t40-,42+,48-,49+,50+,54+/m0/s1. The molecule has 0 bridgehead atoms. The lowest BCUT2D eigenvalue weighted by atomic mass is 9.55. The number of likely N-dealkylation sites (N-methyl/N-ethyl adjacent to an activating group) is 1. The molecule has 1 fully saturated rings. The number of hydrogen-bond donors (Lipinski definition) is 3. The van der Waals surface area contributed by atoms with Crippen LogP contribution in [0.15, 0.2) is 89.1 Å². The van der Waals surface area contributed by atoms with Crippen molar-refractivity contribution in [2.75, 3.05) is 33.4 Å². The molecule has 374 valence electrons. The van der Waals surface area contributed by atoms with Crippen LogP contribution in [0.1, 0.15) is 148 Å². The highest BCUT2D eigenvalue weighted by Crippen LogP contribution is 2.62. The predicted molar refractivity (Wildman–Crippen MR) is 268 cm³/mol. The van der Waals surface area contributed by atoms with Gasteiger partial charge >= 0.3 is 6.09 Å². The van der Waals surface area contributed by atoms with Crippen LogP contribution >= 0.6 is 0 Å². The van der Waals surface area contributed by atoms with E-state index in [0.29, 0.717) is 47.5 Å². The van der Waals surface area contributed by atoms with Gasteiger partial charge in [0.1, 0.15) is 22.0 Å². The number of ether oxygens (including phenoxy) is 3. The fraction of sp³-hybridized carbons (Fsp3) is 0.611. The minimum Gasteiger partial charge on any atom is -0.460 e. The number of aliphatic hydroxyl groups excluding tert-OH is 2. The molecule has 3 aromatic rings. The van der Waals surface area contributed by atoms with E-state index in [1.807, 2.05) is 39.0 Å². The first-order valence-corrected chi connectivity index (χ1v) is 26.8. The topological polar surface area (TPSA) is 169 Å². The third-order valence-electron chi connectivity index (χ3n) is 13.8. The van der Waals surface area contributed by atoms with E-state index in [0.717, 1.165) is 56.1 Å². The smallest absolute Gasteiger partial charge is 0.412 e. The fourth-order valence-electron chi connectivity index (χ4n) is 10.5. The number of aromatic nitrogens is 1. The lowest BCUT2D eigenvalue weighted by Gasteiger charge is -2.59. The molecule has 2 aromatic carbocycles. The maximum Gasteiger partial charge on any atom is 0.412 e. The molecule has 0 saturated heterocycles. The van der Waals surface area contributed by atoms with Crippen molar-refractivity contribution in [1.29, 1.82) is 0 Å². The van der Waals surface area contributed by atoms with Gasteiger partial charge in [-0.05, 0) is 101 Å². The average Bonchev–Trinajstić information content (AvgIpc) is 3.32. The lowest BCUT2D eigenvalue weighted by molar-refractivity contribution is -0.250. The molecule has 6 atom stereocenters. The molecular formula is C54H78N4O9S. The Labute approximate surface area is 405 Å². The molecule has 1 amide bonds. The number of carbonyl (C=O) groups is 1. The van der Waals surface area contributed by atoms with E-state index >= 15 is 8.42 Å². The maximum atomic E-state index is 15.2. The molecular weight excluding hydrogens is 881 g/mol. The van der Waals surface area contributed by atoms with Crippen molar-refractivity contribution >= 4 is 32.7 Å². The first kappa shape index (κ1) is 53.0. The van der Waals surface area contributed by atoms with Gasteiger partial charge in [-0.25, -0.2) is 13.2 Å². The number of hydrogen-bond acceptors (Lipinski definition) is 11. The van der Waals surface area contributed by atoms with Crippen molar-refractivity contribution in [1.82, 2.24) is 14.6 Å². The maximum absolute atomic E-state index is 15.2. The summed E-state index contributed by atoms with van der Waals surface area (Å²) in [5, 5.41) is 28.4. The van der Waals surface area contributed by atoms with Gasteiger partial charge in [0.05, 0.1) is 29.8 Å². The summed E-state index contributed by atoms with van der Waals surface area (Å²) in [6, 6.07) is 13.2. The lowest BCUT2D eigenvalue weighted by Crippen LogP contribution is -2.69. The van der Waals surface area contributed by atoms with Gasteiger partial charge in [-0.1, -0.05) is 113 Å². The molecule has 0 spiro atoms. The van der Waals surface area contributed by atoms with Gasteiger partial charge in [0.25, 0.3) is 0 Å². The van der Waals surface area contributed by atoms with Crippen LogP contribution in [0.25, 0.3) is 10.9 Å². The van der Waals surface area contributed by atoms with Crippen LogP contribution in [-0.4, -0.2) is 90.6 Å². The van der Waals surface area contributed by atoms with Crippen LogP contribution in [-0.2, 0) is 19.6 Å². The molecule has 2 heterocycles. The molecule has 14 heteroatoms. The quantitative estimate of drug-likeness (QED) is 0.0380. The second-order valence-corrected chi connectivity index (χ2v) is 21.8. The molecule has 0 radical (unpaired) electrons. The van der Waals surface area contributed by atoms with Crippen molar-refractivity contribution in [3.05, 3.63) is 84.6 Å². The molecule has 2 aliphatic carbocycles. The minimum absolute atomic E-state index is 0.00640. The number of aliphatic hydroxyl groups is 2. The molecule has 1 saturated carbocycles. The summed E-state index contributed by atoms with van der Waals surface area (Å²) in [6.45, 7) is 12.7. The molecule has 68 heavy (non-hydrogen) atoms. The summed E-state index contributed by atoms with van der Waals surface area (Å²) in [7, 11) is -2.72. The Morgan fingerprint density at radius 3 is 2.34 bits per heavy atom. The predicted octanol–water partition coefficient (Wildman–Crippen LogP) is 11.0. The highest BCUT2D eigenvalue weighted by atomic mass is 32.2. The molecule has 6 rings (SSSR count). The van der Waals surface area contributed by atoms with Gasteiger partial charge in [0.15, 0.2) is 0 Å². The highest BCUT2D eigenvalue weighted by Gasteiger charge is 2.66. The van der Waals surface area contributed by atoms with Crippen molar-refractivity contribution in [3.63, 3.8) is 0 Å². The third-order valence-corrected chi connectivity index (χ3v) is 15.7. The summed E-state index contributed by atoms with van der Waals surface area (Å²) in [6.07, 6.45) is 21.3. The Balaban J connectivity index is 1.42. The summed E-state index contributed by atoms with van der Waals surface area (Å²) in [5.74, 6) is -1.83. The number of pyridine rings is 1. The van der Waals surface area contributed by atoms with E-state index in [2.05, 4.69) is 29.9 Å². The Morgan fingerprint density at radius 1 is 0.956 bits per heavy atom. The first-order chi connectivity index (χ1) is 32.8. The van der Waals surface area contributed by atoms with Crippen LogP contribution in [0.4, 0.5) is 4.79 Å². The van der Waals surface area contributed by atoms with Crippen molar-refractivity contribution < 1.29 is 42.5 Å². The normalized spacial score (nSPS) is 22.9. The third kappa shape index (κ3) is 12.9. The number of sulfonamides is 1. The number of unbranched alkanes of at least 4 members (excludes halogenated alkanes) is 11. The molecule has 0 unspecified atom stereocenters. The van der Waals surface area contributed by atoms with E-state index < -0.39 is 39.5 Å². The Kier molecular flexibility index (Phi) is 19.5. The Morgan fingerprint density at radius 2 is 1.65 bits per heavy atom. The van der Waals surface area contributed by atoms with Crippen LogP contribution < -0.4 is 14.8 Å². The average molecular weight is 959 g/mol. The van der Waals surface area contributed by atoms with Gasteiger partial charge < -0.3 is 34.6 Å². The van der Waals surface area contributed by atoms with Crippen LogP contribution in [0, 0.1) is 17.8 Å². The number of rotatable bonds is 27. The summed E-state index contributed by atoms with van der Waals surface area (Å²) in [4.78, 5) is 24.1. The van der Waals surface area contributed by atoms with E-state index in [1.54, 1.807) is 49.7 Å². The number of carbonyl (C=O) groups excluding carboxylic acids is 1. The van der Waals surface area contributed by atoms with Gasteiger partial charge in [-0.15, -0.1) is 6.58 Å². The number of nitrogens with one attached hydrogen (secondary N) is 1. The number of nitrogens with zero attached hydrogens (tertiary/aromatic N) is 3. The van der Waals surface area contributed by atoms with Gasteiger partial charge in [-0.3, -0.25) is 4.98 Å². The van der Waals surface area contributed by atoms with Gasteiger partial charge in [0.2, 0.25) is 15.8 Å². The monoisotopic (exact) mass is 959 g/mol. The van der Waals surface area contributed by atoms with E-state index in [9.17, 15) is 15.0 Å². The molecule has 1 aliphatic heterocycles. The molecule has 1 aromatic heterocycles. The van der Waals surface area contributed by atoms with Crippen LogP contribution in [0.5, 0.6) is 11.5 Å².